The molecule has 0 aliphatic heterocycles. The Balaban J connectivity index is 3.30. The molecule has 0 nitrogen and oxygen atoms in total. The molecule has 0 spiro atoms. The van der Waals surface area contributed by atoms with Gasteiger partial charge in [0.1, 0.15) is 5.82 Å². The molecule has 1 aromatic rings. The summed E-state index contributed by atoms with van der Waals surface area (Å²) in [4.78, 5) is 0. The predicted molar refractivity (Wildman–Crippen MR) is 54.6 cm³/mol. The summed E-state index contributed by atoms with van der Waals surface area (Å²) in [5.74, 6) is 0.224. The fourth-order valence-electron chi connectivity index (χ4n) is 1.76. The number of rotatable bonds is 2. The topological polar surface area (TPSA) is 0 Å². The summed E-state index contributed by atoms with van der Waals surface area (Å²) in [5, 5.41) is 0. The number of hydrogen-bond acceptors (Lipinski definition) is 0. The van der Waals surface area contributed by atoms with E-state index < -0.39 is 0 Å². The van der Waals surface area contributed by atoms with E-state index in [0.29, 0.717) is 0 Å². The molecule has 0 amide bonds. The van der Waals surface area contributed by atoms with Gasteiger partial charge in [-0.25, -0.2) is 4.39 Å². The lowest BCUT2D eigenvalue weighted by molar-refractivity contribution is 0.592. The summed E-state index contributed by atoms with van der Waals surface area (Å²) in [5.41, 5.74) is 3.04. The van der Waals surface area contributed by atoms with E-state index in [1.54, 1.807) is 6.07 Å². The summed E-state index contributed by atoms with van der Waals surface area (Å²) < 4.78 is 13.5. The minimum Gasteiger partial charge on any atom is -0.207 e. The Morgan fingerprint density at radius 2 is 1.92 bits per heavy atom. The minimum atomic E-state index is -0.0492. The van der Waals surface area contributed by atoms with Gasteiger partial charge in [0.15, 0.2) is 0 Å². The van der Waals surface area contributed by atoms with Gasteiger partial charge in [-0.1, -0.05) is 26.8 Å². The Bertz CT molecular complexity index is 300. The lowest BCUT2D eigenvalue weighted by Gasteiger charge is -2.13. The van der Waals surface area contributed by atoms with Crippen LogP contribution in [0, 0.1) is 12.7 Å². The summed E-state index contributed by atoms with van der Waals surface area (Å²) in [6.45, 7) is 8.08. The van der Waals surface area contributed by atoms with Crippen molar-refractivity contribution in [3.05, 3.63) is 34.6 Å². The maximum Gasteiger partial charge on any atom is 0.127 e. The average molecular weight is 180 g/mol. The van der Waals surface area contributed by atoms with Gasteiger partial charge in [-0.05, 0) is 42.0 Å². The van der Waals surface area contributed by atoms with Crippen LogP contribution in [0.15, 0.2) is 12.1 Å². The van der Waals surface area contributed by atoms with Crippen LogP contribution >= 0.6 is 0 Å². The van der Waals surface area contributed by atoms with E-state index in [4.69, 9.17) is 0 Å². The molecule has 0 heterocycles. The second-order valence-corrected chi connectivity index (χ2v) is 3.83. The second kappa shape index (κ2) is 3.91. The maximum atomic E-state index is 13.5. The third-order valence-electron chi connectivity index (χ3n) is 2.32. The van der Waals surface area contributed by atoms with Crippen LogP contribution in [0.25, 0.3) is 0 Å². The average Bonchev–Trinajstić information content (AvgIpc) is 2.01. The Hall–Kier alpha value is -0.850. The fourth-order valence-corrected chi connectivity index (χ4v) is 1.76. The van der Waals surface area contributed by atoms with Crippen LogP contribution in [0.5, 0.6) is 0 Å². The summed E-state index contributed by atoms with van der Waals surface area (Å²) in [6, 6.07) is 3.70. The van der Waals surface area contributed by atoms with E-state index in [0.717, 1.165) is 23.1 Å². The molecule has 0 fully saturated rings. The molecule has 1 rings (SSSR count). The van der Waals surface area contributed by atoms with Crippen LogP contribution in [0.4, 0.5) is 4.39 Å². The Kier molecular flexibility index (Phi) is 3.07. The molecule has 0 radical (unpaired) electrons. The Morgan fingerprint density at radius 3 is 2.38 bits per heavy atom. The lowest BCUT2D eigenvalue weighted by Crippen LogP contribution is -2.00. The first-order chi connectivity index (χ1) is 6.06. The van der Waals surface area contributed by atoms with Crippen molar-refractivity contribution < 1.29 is 4.39 Å². The molecular formula is C12H17F. The molecule has 0 aliphatic rings. The number of aryl methyl sites for hydroxylation is 2. The zero-order chi connectivity index (χ0) is 10.0. The van der Waals surface area contributed by atoms with Gasteiger partial charge in [-0.3, -0.25) is 0 Å². The number of hydrogen-bond donors (Lipinski definition) is 0. The molecule has 72 valence electrons. The number of halogens is 1. The molecule has 0 saturated carbocycles. The summed E-state index contributed by atoms with van der Waals surface area (Å²) in [6.07, 6.45) is 0.909. The quantitative estimate of drug-likeness (QED) is 0.649. The smallest absolute Gasteiger partial charge is 0.127 e. The molecular weight excluding hydrogens is 163 g/mol. The van der Waals surface area contributed by atoms with Gasteiger partial charge in [-0.2, -0.15) is 0 Å². The van der Waals surface area contributed by atoms with Crippen LogP contribution in [0.1, 0.15) is 43.4 Å². The van der Waals surface area contributed by atoms with Crippen LogP contribution in [-0.4, -0.2) is 0 Å². The molecule has 13 heavy (non-hydrogen) atoms. The normalized spacial score (nSPS) is 10.9. The Morgan fingerprint density at radius 1 is 1.31 bits per heavy atom. The summed E-state index contributed by atoms with van der Waals surface area (Å²) >= 11 is 0. The first-order valence-corrected chi connectivity index (χ1v) is 4.85. The van der Waals surface area contributed by atoms with E-state index in [2.05, 4.69) is 13.0 Å². The SMILES string of the molecule is CCc1cc(C)cc(F)c1C(C)C. The highest BCUT2D eigenvalue weighted by atomic mass is 19.1. The van der Waals surface area contributed by atoms with Crippen molar-refractivity contribution in [3.63, 3.8) is 0 Å². The summed E-state index contributed by atoms with van der Waals surface area (Å²) in [7, 11) is 0. The zero-order valence-electron chi connectivity index (χ0n) is 8.82. The third-order valence-corrected chi connectivity index (χ3v) is 2.32. The molecule has 1 heteroatoms. The zero-order valence-corrected chi connectivity index (χ0v) is 8.82. The first kappa shape index (κ1) is 10.2. The van der Waals surface area contributed by atoms with Gasteiger partial charge in [0.2, 0.25) is 0 Å². The van der Waals surface area contributed by atoms with Crippen LogP contribution < -0.4 is 0 Å². The van der Waals surface area contributed by atoms with E-state index in [1.807, 2.05) is 20.8 Å². The van der Waals surface area contributed by atoms with Crippen LogP contribution in [0.3, 0.4) is 0 Å². The molecule has 0 atom stereocenters. The van der Waals surface area contributed by atoms with Crippen molar-refractivity contribution >= 4 is 0 Å². The standard InChI is InChI=1S/C12H17F/c1-5-10-6-9(4)7-11(13)12(10)8(2)3/h6-8H,5H2,1-4H3. The highest BCUT2D eigenvalue weighted by Gasteiger charge is 2.11. The van der Waals surface area contributed by atoms with E-state index >= 15 is 0 Å². The van der Waals surface area contributed by atoms with Gasteiger partial charge in [0.05, 0.1) is 0 Å². The van der Waals surface area contributed by atoms with Gasteiger partial charge in [-0.15, -0.1) is 0 Å². The number of benzene rings is 1. The first-order valence-electron chi connectivity index (χ1n) is 4.85. The molecule has 0 aromatic heterocycles. The molecule has 0 saturated heterocycles. The largest absolute Gasteiger partial charge is 0.207 e. The second-order valence-electron chi connectivity index (χ2n) is 3.83. The van der Waals surface area contributed by atoms with Crippen molar-refractivity contribution in [2.45, 2.75) is 40.0 Å². The van der Waals surface area contributed by atoms with Gasteiger partial charge in [0.25, 0.3) is 0 Å². The van der Waals surface area contributed by atoms with Crippen molar-refractivity contribution in [1.82, 2.24) is 0 Å². The Labute approximate surface area is 79.8 Å². The highest BCUT2D eigenvalue weighted by molar-refractivity contribution is 5.35. The van der Waals surface area contributed by atoms with Crippen molar-refractivity contribution in [2.75, 3.05) is 0 Å². The van der Waals surface area contributed by atoms with E-state index in [1.165, 1.54) is 0 Å². The molecule has 0 N–H and O–H groups in total. The molecule has 0 unspecified atom stereocenters. The van der Waals surface area contributed by atoms with Crippen molar-refractivity contribution in [3.8, 4) is 0 Å². The van der Waals surface area contributed by atoms with Crippen molar-refractivity contribution in [1.29, 1.82) is 0 Å². The van der Waals surface area contributed by atoms with Crippen LogP contribution in [0.2, 0.25) is 0 Å². The van der Waals surface area contributed by atoms with Crippen molar-refractivity contribution in [2.24, 2.45) is 0 Å². The third kappa shape index (κ3) is 2.09. The van der Waals surface area contributed by atoms with E-state index in [9.17, 15) is 4.39 Å². The predicted octanol–water partition coefficient (Wildman–Crippen LogP) is 3.82. The lowest BCUT2D eigenvalue weighted by atomic mass is 9.93. The van der Waals surface area contributed by atoms with Gasteiger partial charge < -0.3 is 0 Å². The van der Waals surface area contributed by atoms with Gasteiger partial charge >= 0.3 is 0 Å². The van der Waals surface area contributed by atoms with Crippen LogP contribution in [-0.2, 0) is 6.42 Å². The highest BCUT2D eigenvalue weighted by Crippen LogP contribution is 2.24. The monoisotopic (exact) mass is 180 g/mol. The van der Waals surface area contributed by atoms with E-state index in [-0.39, 0.29) is 11.7 Å². The fraction of sp³-hybridized carbons (Fsp3) is 0.500. The van der Waals surface area contributed by atoms with Gasteiger partial charge in [0, 0.05) is 0 Å². The maximum absolute atomic E-state index is 13.5. The molecule has 0 aliphatic carbocycles. The minimum absolute atomic E-state index is 0.0492. The molecule has 1 aromatic carbocycles. The molecule has 0 bridgehead atoms.